The van der Waals surface area contributed by atoms with E-state index in [4.69, 9.17) is 37.6 Å². The van der Waals surface area contributed by atoms with Gasteiger partial charge in [0.15, 0.2) is 51.8 Å². The molecule has 1 aromatic heterocycles. The first-order chi connectivity index (χ1) is 37.5. The van der Waals surface area contributed by atoms with Crippen molar-refractivity contribution < 1.29 is 9.47 Å². The maximum absolute atomic E-state index is 9.72. The zero-order chi connectivity index (χ0) is 51.1. The molecule has 0 unspecified atom stereocenters. The number of anilines is 6. The van der Waals surface area contributed by atoms with Crippen LogP contribution in [-0.2, 0) is 0 Å². The number of benzene rings is 10. The molecule has 2 aliphatic rings. The molecular formula is C66H38N8O2. The molecule has 3 heterocycles. The minimum atomic E-state index is 0.409. The lowest BCUT2D eigenvalue weighted by atomic mass is 9.98. The summed E-state index contributed by atoms with van der Waals surface area (Å²) >= 11 is 0. The Morgan fingerprint density at radius 3 is 1.14 bits per heavy atom. The van der Waals surface area contributed by atoms with Gasteiger partial charge in [-0.2, -0.15) is 5.26 Å². The van der Waals surface area contributed by atoms with E-state index < -0.39 is 0 Å². The summed E-state index contributed by atoms with van der Waals surface area (Å²) in [6.07, 6.45) is 0. The number of ether oxygens (including phenoxy) is 2. The van der Waals surface area contributed by atoms with Gasteiger partial charge in [0.2, 0.25) is 0 Å². The van der Waals surface area contributed by atoms with Crippen molar-refractivity contribution in [1.29, 1.82) is 5.26 Å². The lowest BCUT2D eigenvalue weighted by Gasteiger charge is -2.34. The molecule has 11 aromatic rings. The predicted molar refractivity (Wildman–Crippen MR) is 299 cm³/mol. The van der Waals surface area contributed by atoms with E-state index in [0.717, 1.165) is 73.1 Å². The molecule has 10 nitrogen and oxygen atoms in total. The molecule has 0 bridgehead atoms. The third-order valence-electron chi connectivity index (χ3n) is 13.5. The summed E-state index contributed by atoms with van der Waals surface area (Å²) in [5.41, 5.74) is 14.0. The standard InChI is InChI=1S/C66H38N8O2/c1-68-50-18-12-16-46(37-50)48-32-34-52(58(39-48)73-54-20-3-7-24-60(54)75-61-25-8-4-21-55(61)73)65-70-64(44-30-28-43(29-31-44)45-15-11-14-42(36-45)41-67)71-66(72-65)53-35-33-49(47-17-13-19-51(38-47)69-2)40-59(53)74-56-22-5-9-26-62(56)76-63-27-10-6-23-57(63)74/h3-40H. The van der Waals surface area contributed by atoms with E-state index in [9.17, 15) is 5.26 Å². The van der Waals surface area contributed by atoms with Crippen LogP contribution in [-0.4, -0.2) is 15.0 Å². The molecular weight excluding hydrogens is 937 g/mol. The van der Waals surface area contributed by atoms with Crippen molar-refractivity contribution in [3.8, 4) is 96.6 Å². The molecule has 10 aromatic carbocycles. The van der Waals surface area contributed by atoms with Crippen molar-refractivity contribution in [1.82, 2.24) is 15.0 Å². The van der Waals surface area contributed by atoms with Crippen LogP contribution in [0.15, 0.2) is 231 Å². The van der Waals surface area contributed by atoms with Crippen molar-refractivity contribution in [2.24, 2.45) is 0 Å². The van der Waals surface area contributed by atoms with Crippen LogP contribution in [0.1, 0.15) is 5.56 Å². The Balaban J connectivity index is 1.08. The number of hydrogen-bond donors (Lipinski definition) is 0. The van der Waals surface area contributed by atoms with Gasteiger partial charge in [-0.15, -0.1) is 0 Å². The van der Waals surface area contributed by atoms with E-state index >= 15 is 0 Å². The minimum Gasteiger partial charge on any atom is -0.453 e. The average Bonchev–Trinajstić information content (AvgIpc) is 3.49. The average molecular weight is 975 g/mol. The molecule has 10 heteroatoms. The minimum absolute atomic E-state index is 0.409. The Hall–Kier alpha value is -11.1. The highest BCUT2D eigenvalue weighted by Crippen LogP contribution is 2.55. The Morgan fingerprint density at radius 2 is 0.711 bits per heavy atom. The third kappa shape index (κ3) is 8.06. The Morgan fingerprint density at radius 1 is 0.342 bits per heavy atom. The monoisotopic (exact) mass is 974 g/mol. The predicted octanol–water partition coefficient (Wildman–Crippen LogP) is 18.0. The van der Waals surface area contributed by atoms with Crippen molar-refractivity contribution >= 4 is 45.5 Å². The summed E-state index contributed by atoms with van der Waals surface area (Å²) in [7, 11) is 0. The second kappa shape index (κ2) is 18.8. The number of nitrogens with zero attached hydrogens (tertiary/aromatic N) is 8. The highest BCUT2D eigenvalue weighted by Gasteiger charge is 2.31. The molecule has 13 rings (SSSR count). The third-order valence-corrected chi connectivity index (χ3v) is 13.5. The number of para-hydroxylation sites is 8. The lowest BCUT2D eigenvalue weighted by molar-refractivity contribution is 0.477. The Kier molecular flexibility index (Phi) is 11.1. The number of hydrogen-bond acceptors (Lipinski definition) is 8. The number of rotatable bonds is 8. The first kappa shape index (κ1) is 44.8. The van der Waals surface area contributed by atoms with Gasteiger partial charge in [-0.1, -0.05) is 133 Å². The molecule has 2 aliphatic heterocycles. The number of fused-ring (bicyclic) bond motifs is 4. The second-order valence-corrected chi connectivity index (χ2v) is 18.1. The Labute approximate surface area is 438 Å². The summed E-state index contributed by atoms with van der Waals surface area (Å²) < 4.78 is 13.1. The molecule has 0 fully saturated rings. The highest BCUT2D eigenvalue weighted by molar-refractivity contribution is 5.97. The van der Waals surface area contributed by atoms with Crippen LogP contribution in [0.3, 0.4) is 0 Å². The molecule has 0 saturated heterocycles. The maximum Gasteiger partial charge on any atom is 0.187 e. The molecule has 0 N–H and O–H groups in total. The van der Waals surface area contributed by atoms with Gasteiger partial charge >= 0.3 is 0 Å². The summed E-state index contributed by atoms with van der Waals surface area (Å²) in [6, 6.07) is 77.4. The van der Waals surface area contributed by atoms with Crippen molar-refractivity contribution in [2.45, 2.75) is 0 Å². The van der Waals surface area contributed by atoms with Crippen molar-refractivity contribution in [2.75, 3.05) is 9.80 Å². The first-order valence-corrected chi connectivity index (χ1v) is 24.4. The van der Waals surface area contributed by atoms with Crippen molar-refractivity contribution in [3.63, 3.8) is 0 Å². The van der Waals surface area contributed by atoms with Crippen LogP contribution in [0.2, 0.25) is 0 Å². The van der Waals surface area contributed by atoms with Crippen LogP contribution in [0, 0.1) is 24.5 Å². The zero-order valence-corrected chi connectivity index (χ0v) is 40.3. The fourth-order valence-electron chi connectivity index (χ4n) is 9.93. The summed E-state index contributed by atoms with van der Waals surface area (Å²) in [5.74, 6) is 3.98. The van der Waals surface area contributed by atoms with Gasteiger partial charge in [-0.25, -0.2) is 24.6 Å². The van der Waals surface area contributed by atoms with E-state index in [1.165, 1.54) is 0 Å². The van der Waals surface area contributed by atoms with Crippen LogP contribution >= 0.6 is 0 Å². The molecule has 354 valence electrons. The normalized spacial score (nSPS) is 11.8. The van der Waals surface area contributed by atoms with E-state index in [-0.39, 0.29) is 0 Å². The summed E-state index contributed by atoms with van der Waals surface area (Å²) in [4.78, 5) is 28.2. The molecule has 76 heavy (non-hydrogen) atoms. The van der Waals surface area contributed by atoms with Crippen LogP contribution in [0.25, 0.3) is 77.2 Å². The van der Waals surface area contributed by atoms with Crippen LogP contribution in [0.4, 0.5) is 45.5 Å². The Bertz CT molecular complexity index is 3950. The van der Waals surface area contributed by atoms with Crippen LogP contribution < -0.4 is 19.3 Å². The molecule has 0 radical (unpaired) electrons. The van der Waals surface area contributed by atoms with Gasteiger partial charge in [0, 0.05) is 16.7 Å². The molecule has 0 atom stereocenters. The van der Waals surface area contributed by atoms with Gasteiger partial charge in [0.05, 0.1) is 58.9 Å². The fraction of sp³-hybridized carbons (Fsp3) is 0. The summed E-state index contributed by atoms with van der Waals surface area (Å²) in [5, 5.41) is 9.72. The molecule has 0 spiro atoms. The number of aromatic nitrogens is 3. The fourth-order valence-corrected chi connectivity index (χ4v) is 9.93. The van der Waals surface area contributed by atoms with Crippen molar-refractivity contribution in [3.05, 3.63) is 259 Å². The zero-order valence-electron chi connectivity index (χ0n) is 40.3. The highest BCUT2D eigenvalue weighted by atomic mass is 16.5. The SMILES string of the molecule is [C-]#[N+]c1cccc(-c2ccc(-c3nc(-c4ccc(-c5cccc(C#N)c5)cc4)nc(-c4ccc(-c5cccc([N+]#[C-])c5)cc4N4c5ccccc5Oc5ccccc54)n3)c(N3c4ccccc4Oc4ccccc43)c2)c1. The quantitative estimate of drug-likeness (QED) is 0.139. The van der Waals surface area contributed by atoms with E-state index in [1.54, 1.807) is 6.07 Å². The van der Waals surface area contributed by atoms with E-state index in [0.29, 0.717) is 68.5 Å². The largest absolute Gasteiger partial charge is 0.453 e. The lowest BCUT2D eigenvalue weighted by Crippen LogP contribution is -2.17. The van der Waals surface area contributed by atoms with E-state index in [1.807, 2.05) is 212 Å². The van der Waals surface area contributed by atoms with Gasteiger partial charge in [0.25, 0.3) is 0 Å². The topological polar surface area (TPSA) is 96.1 Å². The van der Waals surface area contributed by atoms with Gasteiger partial charge in [-0.05, 0) is 130 Å². The first-order valence-electron chi connectivity index (χ1n) is 24.4. The summed E-state index contributed by atoms with van der Waals surface area (Å²) in [6.45, 7) is 15.7. The molecule has 0 saturated carbocycles. The van der Waals surface area contributed by atoms with Gasteiger partial charge in [0.1, 0.15) is 0 Å². The van der Waals surface area contributed by atoms with Crippen LogP contribution in [0.5, 0.6) is 23.0 Å². The second-order valence-electron chi connectivity index (χ2n) is 18.1. The molecule has 0 amide bonds. The molecule has 0 aliphatic carbocycles. The smallest absolute Gasteiger partial charge is 0.187 e. The number of nitriles is 1. The van der Waals surface area contributed by atoms with Gasteiger partial charge in [-0.3, -0.25) is 0 Å². The maximum atomic E-state index is 9.72. The van der Waals surface area contributed by atoms with E-state index in [2.05, 4.69) is 37.7 Å². The van der Waals surface area contributed by atoms with Gasteiger partial charge < -0.3 is 19.3 Å².